The summed E-state index contributed by atoms with van der Waals surface area (Å²) in [5, 5.41) is 6.55. The van der Waals surface area contributed by atoms with Gasteiger partial charge in [0.05, 0.1) is 15.6 Å². The molecule has 0 atom stereocenters. The molecular formula is C18H21N3S. The Morgan fingerprint density at radius 3 is 2.68 bits per heavy atom. The Morgan fingerprint density at radius 1 is 1.23 bits per heavy atom. The van der Waals surface area contributed by atoms with Gasteiger partial charge in [0.25, 0.3) is 0 Å². The van der Waals surface area contributed by atoms with Crippen molar-refractivity contribution in [2.45, 2.75) is 34.1 Å². The van der Waals surface area contributed by atoms with Gasteiger partial charge in [-0.3, -0.25) is 5.43 Å². The fourth-order valence-corrected chi connectivity index (χ4v) is 3.78. The van der Waals surface area contributed by atoms with Gasteiger partial charge in [0.2, 0.25) is 5.13 Å². The normalized spacial score (nSPS) is 19.7. The first kappa shape index (κ1) is 15.0. The summed E-state index contributed by atoms with van der Waals surface area (Å²) >= 11 is 1.63. The Balaban J connectivity index is 1.97. The molecule has 3 nitrogen and oxygen atoms in total. The predicted molar refractivity (Wildman–Crippen MR) is 95.7 cm³/mol. The van der Waals surface area contributed by atoms with Crippen LogP contribution in [0.4, 0.5) is 5.13 Å². The number of hydrogen-bond acceptors (Lipinski definition) is 4. The van der Waals surface area contributed by atoms with Gasteiger partial charge in [0.1, 0.15) is 0 Å². The van der Waals surface area contributed by atoms with Crippen molar-refractivity contribution in [2.75, 3.05) is 5.43 Å². The van der Waals surface area contributed by atoms with Gasteiger partial charge in [-0.05, 0) is 25.8 Å². The van der Waals surface area contributed by atoms with Gasteiger partial charge in [-0.25, -0.2) is 4.98 Å². The third kappa shape index (κ3) is 2.59. The second-order valence-electron chi connectivity index (χ2n) is 6.14. The van der Waals surface area contributed by atoms with Crippen molar-refractivity contribution >= 4 is 34.3 Å². The van der Waals surface area contributed by atoms with Gasteiger partial charge in [-0.2, -0.15) is 5.10 Å². The molecule has 3 rings (SSSR count). The first-order valence-corrected chi connectivity index (χ1v) is 8.39. The van der Waals surface area contributed by atoms with E-state index in [2.05, 4.69) is 54.6 Å². The molecule has 2 aromatic rings. The molecular weight excluding hydrogens is 290 g/mol. The Bertz CT molecular complexity index is 812. The minimum atomic E-state index is 0.0490. The lowest BCUT2D eigenvalue weighted by atomic mass is 9.88. The van der Waals surface area contributed by atoms with E-state index in [4.69, 9.17) is 5.10 Å². The molecule has 4 heteroatoms. The lowest BCUT2D eigenvalue weighted by molar-refractivity contribution is 0.540. The van der Waals surface area contributed by atoms with E-state index in [9.17, 15) is 0 Å². The van der Waals surface area contributed by atoms with Crippen LogP contribution in [0.15, 0.2) is 29.4 Å². The summed E-state index contributed by atoms with van der Waals surface area (Å²) in [6, 6.07) is 8.52. The number of thiazole rings is 1. The highest BCUT2D eigenvalue weighted by Crippen LogP contribution is 2.36. The Morgan fingerprint density at radius 2 is 2.00 bits per heavy atom. The Labute approximate surface area is 135 Å². The van der Waals surface area contributed by atoms with Gasteiger partial charge in [0, 0.05) is 11.0 Å². The third-order valence-corrected chi connectivity index (χ3v) is 5.07. The molecule has 1 aliphatic rings. The zero-order valence-electron chi connectivity index (χ0n) is 13.5. The molecule has 1 aromatic carbocycles. The quantitative estimate of drug-likeness (QED) is 0.865. The van der Waals surface area contributed by atoms with E-state index < -0.39 is 0 Å². The average Bonchev–Trinajstić information content (AvgIpc) is 3.01. The SMILES string of the molecule is C/C=c1/nc(N/N=C2\c3ccccc3CC2(C)C)s/c1=C/C. The van der Waals surface area contributed by atoms with Crippen molar-refractivity contribution in [3.63, 3.8) is 0 Å². The van der Waals surface area contributed by atoms with Gasteiger partial charge >= 0.3 is 0 Å². The van der Waals surface area contributed by atoms with Crippen LogP contribution in [-0.2, 0) is 6.42 Å². The lowest BCUT2D eigenvalue weighted by Crippen LogP contribution is -2.21. The van der Waals surface area contributed by atoms with Gasteiger partial charge < -0.3 is 0 Å². The van der Waals surface area contributed by atoms with Gasteiger partial charge in [0.15, 0.2) is 0 Å². The van der Waals surface area contributed by atoms with E-state index in [1.54, 1.807) is 11.3 Å². The molecule has 0 unspecified atom stereocenters. The standard InChI is InChI=1S/C18H21N3S/c1-5-14-15(6-2)22-17(19-14)21-20-16-13-10-8-7-9-12(13)11-18(16,3)4/h5-10H,11H2,1-4H3,(H,19,21)/b14-5+,15-6+,20-16+. The molecule has 22 heavy (non-hydrogen) atoms. The van der Waals surface area contributed by atoms with Crippen molar-refractivity contribution in [1.82, 2.24) is 4.98 Å². The summed E-state index contributed by atoms with van der Waals surface area (Å²) in [5.41, 5.74) is 6.95. The van der Waals surface area contributed by atoms with E-state index in [1.807, 2.05) is 19.9 Å². The van der Waals surface area contributed by atoms with Crippen LogP contribution in [0.1, 0.15) is 38.8 Å². The maximum Gasteiger partial charge on any atom is 0.204 e. The molecule has 1 aromatic heterocycles. The van der Waals surface area contributed by atoms with Crippen molar-refractivity contribution in [1.29, 1.82) is 0 Å². The highest BCUT2D eigenvalue weighted by molar-refractivity contribution is 7.13. The summed E-state index contributed by atoms with van der Waals surface area (Å²) in [7, 11) is 0. The Hall–Kier alpha value is -1.94. The predicted octanol–water partition coefficient (Wildman–Crippen LogP) is 3.14. The molecule has 0 radical (unpaired) electrons. The first-order valence-electron chi connectivity index (χ1n) is 7.57. The highest BCUT2D eigenvalue weighted by atomic mass is 32.1. The fraction of sp³-hybridized carbons (Fsp3) is 0.333. The molecule has 0 bridgehead atoms. The smallest absolute Gasteiger partial charge is 0.204 e. The monoisotopic (exact) mass is 311 g/mol. The van der Waals surface area contributed by atoms with Crippen molar-refractivity contribution in [3.8, 4) is 0 Å². The average molecular weight is 311 g/mol. The van der Waals surface area contributed by atoms with Gasteiger partial charge in [-0.1, -0.05) is 61.6 Å². The van der Waals surface area contributed by atoms with E-state index >= 15 is 0 Å². The largest absolute Gasteiger partial charge is 0.252 e. The molecule has 1 heterocycles. The summed E-state index contributed by atoms with van der Waals surface area (Å²) in [6.45, 7) is 8.53. The van der Waals surface area contributed by atoms with E-state index in [0.29, 0.717) is 0 Å². The van der Waals surface area contributed by atoms with Crippen LogP contribution in [0.5, 0.6) is 0 Å². The van der Waals surface area contributed by atoms with Crippen LogP contribution < -0.4 is 15.3 Å². The van der Waals surface area contributed by atoms with E-state index in [-0.39, 0.29) is 5.41 Å². The number of hydrazone groups is 1. The van der Waals surface area contributed by atoms with Crippen molar-refractivity contribution in [2.24, 2.45) is 10.5 Å². The number of aromatic nitrogens is 1. The Kier molecular flexibility index (Phi) is 3.87. The van der Waals surface area contributed by atoms with Gasteiger partial charge in [-0.15, -0.1) is 0 Å². The fourth-order valence-electron chi connectivity index (χ4n) is 2.95. The van der Waals surface area contributed by atoms with E-state index in [0.717, 1.165) is 22.6 Å². The maximum atomic E-state index is 4.70. The molecule has 1 N–H and O–H groups in total. The lowest BCUT2D eigenvalue weighted by Gasteiger charge is -2.18. The second kappa shape index (κ2) is 5.69. The molecule has 0 aliphatic heterocycles. The minimum absolute atomic E-state index is 0.0490. The summed E-state index contributed by atoms with van der Waals surface area (Å²) < 4.78 is 1.18. The summed E-state index contributed by atoms with van der Waals surface area (Å²) in [6.07, 6.45) is 5.14. The van der Waals surface area contributed by atoms with Crippen LogP contribution in [0.2, 0.25) is 0 Å². The van der Waals surface area contributed by atoms with Crippen LogP contribution in [-0.4, -0.2) is 10.7 Å². The molecule has 1 aliphatic carbocycles. The van der Waals surface area contributed by atoms with Crippen LogP contribution in [0.25, 0.3) is 12.2 Å². The second-order valence-corrected chi connectivity index (χ2v) is 7.17. The summed E-state index contributed by atoms with van der Waals surface area (Å²) in [4.78, 5) is 4.58. The first-order chi connectivity index (χ1) is 10.5. The van der Waals surface area contributed by atoms with E-state index in [1.165, 1.54) is 15.7 Å². The molecule has 0 spiro atoms. The topological polar surface area (TPSA) is 37.3 Å². The number of anilines is 1. The highest BCUT2D eigenvalue weighted by Gasteiger charge is 2.35. The third-order valence-electron chi connectivity index (χ3n) is 4.03. The van der Waals surface area contributed by atoms with Crippen LogP contribution >= 0.6 is 11.3 Å². The zero-order chi connectivity index (χ0) is 15.7. The summed E-state index contributed by atoms with van der Waals surface area (Å²) in [5.74, 6) is 0. The number of nitrogens with zero attached hydrogens (tertiary/aromatic N) is 2. The molecule has 114 valence electrons. The minimum Gasteiger partial charge on any atom is -0.252 e. The van der Waals surface area contributed by atoms with Crippen molar-refractivity contribution in [3.05, 3.63) is 45.3 Å². The van der Waals surface area contributed by atoms with Crippen LogP contribution in [0.3, 0.4) is 0 Å². The number of hydrogen-bond donors (Lipinski definition) is 1. The number of benzene rings is 1. The maximum absolute atomic E-state index is 4.70. The molecule has 0 saturated heterocycles. The van der Waals surface area contributed by atoms with Crippen molar-refractivity contribution < 1.29 is 0 Å². The number of nitrogens with one attached hydrogen (secondary N) is 1. The molecule has 0 saturated carbocycles. The molecule has 0 amide bonds. The number of fused-ring (bicyclic) bond motifs is 1. The van der Waals surface area contributed by atoms with Crippen LogP contribution in [0, 0.1) is 5.41 Å². The number of rotatable bonds is 2. The zero-order valence-corrected chi connectivity index (χ0v) is 14.3. The molecule has 0 fully saturated rings.